The number of rotatable bonds is 2. The van der Waals surface area contributed by atoms with Gasteiger partial charge < -0.3 is 10.2 Å². The van der Waals surface area contributed by atoms with Gasteiger partial charge in [0.1, 0.15) is 11.5 Å². The quantitative estimate of drug-likeness (QED) is 0.924. The number of nitrogens with one attached hydrogen (secondary N) is 1. The summed E-state index contributed by atoms with van der Waals surface area (Å²) in [6.07, 6.45) is 7.95. The first-order valence-corrected chi connectivity index (χ1v) is 8.69. The molecule has 0 saturated carbocycles. The highest BCUT2D eigenvalue weighted by atomic mass is 15.2. The van der Waals surface area contributed by atoms with Crippen LogP contribution in [0.5, 0.6) is 0 Å². The smallest absolute Gasteiger partial charge is 0.180 e. The van der Waals surface area contributed by atoms with E-state index in [4.69, 9.17) is 9.97 Å². The van der Waals surface area contributed by atoms with Crippen LogP contribution < -0.4 is 10.2 Å². The fraction of sp³-hybridized carbons (Fsp3) is 0.500. The average Bonchev–Trinajstić information content (AvgIpc) is 2.91. The van der Waals surface area contributed by atoms with Crippen molar-refractivity contribution in [2.45, 2.75) is 38.6 Å². The maximum Gasteiger partial charge on any atom is 0.180 e. The van der Waals surface area contributed by atoms with Gasteiger partial charge in [0.25, 0.3) is 0 Å². The van der Waals surface area contributed by atoms with E-state index in [-0.39, 0.29) is 0 Å². The summed E-state index contributed by atoms with van der Waals surface area (Å²) in [5.41, 5.74) is 3.35. The predicted molar refractivity (Wildman–Crippen MR) is 91.4 cm³/mol. The summed E-state index contributed by atoms with van der Waals surface area (Å²) in [6, 6.07) is 5.93. The standard InChI is InChI=1S/C18H23N5/c1-2-6-12-23(11-5-1)18-14-13-19-10-8-15(14)21-17(22-18)16-7-3-4-9-20-16/h3-4,7,9,19H,1-2,5-6,8,10-13H2. The van der Waals surface area contributed by atoms with Crippen LogP contribution in [-0.4, -0.2) is 34.6 Å². The minimum Gasteiger partial charge on any atom is -0.356 e. The molecule has 0 radical (unpaired) electrons. The topological polar surface area (TPSA) is 53.9 Å². The van der Waals surface area contributed by atoms with E-state index in [0.717, 1.165) is 49.9 Å². The Bertz CT molecular complexity index is 663. The minimum atomic E-state index is 0.769. The lowest BCUT2D eigenvalue weighted by atomic mass is 10.1. The van der Waals surface area contributed by atoms with Crippen LogP contribution in [0.25, 0.3) is 11.5 Å². The van der Waals surface area contributed by atoms with Gasteiger partial charge in [-0.15, -0.1) is 0 Å². The highest BCUT2D eigenvalue weighted by Gasteiger charge is 2.22. The molecule has 1 fully saturated rings. The fourth-order valence-corrected chi connectivity index (χ4v) is 3.48. The monoisotopic (exact) mass is 309 g/mol. The van der Waals surface area contributed by atoms with Gasteiger partial charge in [-0.05, 0) is 25.0 Å². The Kier molecular flexibility index (Phi) is 4.20. The molecule has 0 aromatic carbocycles. The van der Waals surface area contributed by atoms with Crippen LogP contribution in [0.1, 0.15) is 36.9 Å². The van der Waals surface area contributed by atoms with Gasteiger partial charge in [-0.25, -0.2) is 9.97 Å². The largest absolute Gasteiger partial charge is 0.356 e. The molecule has 2 aliphatic heterocycles. The van der Waals surface area contributed by atoms with Crippen molar-refractivity contribution in [3.8, 4) is 11.5 Å². The summed E-state index contributed by atoms with van der Waals surface area (Å²) in [5, 5.41) is 3.47. The molecule has 0 aliphatic carbocycles. The number of nitrogens with zero attached hydrogens (tertiary/aromatic N) is 4. The summed E-state index contributed by atoms with van der Waals surface area (Å²) < 4.78 is 0. The molecule has 4 heterocycles. The number of hydrogen-bond acceptors (Lipinski definition) is 5. The van der Waals surface area contributed by atoms with E-state index in [1.807, 2.05) is 24.4 Å². The summed E-state index contributed by atoms with van der Waals surface area (Å²) in [6.45, 7) is 4.07. The molecule has 0 atom stereocenters. The van der Waals surface area contributed by atoms with E-state index in [1.54, 1.807) is 0 Å². The molecule has 0 bridgehead atoms. The first-order chi connectivity index (χ1) is 11.4. The van der Waals surface area contributed by atoms with E-state index >= 15 is 0 Å². The summed E-state index contributed by atoms with van der Waals surface area (Å²) in [5.74, 6) is 1.90. The van der Waals surface area contributed by atoms with Gasteiger partial charge in [0.2, 0.25) is 0 Å². The van der Waals surface area contributed by atoms with Gasteiger partial charge in [0, 0.05) is 44.4 Å². The van der Waals surface area contributed by atoms with Gasteiger partial charge in [-0.2, -0.15) is 0 Å². The van der Waals surface area contributed by atoms with E-state index in [1.165, 1.54) is 36.9 Å². The summed E-state index contributed by atoms with van der Waals surface area (Å²) in [4.78, 5) is 16.7. The molecule has 5 heteroatoms. The summed E-state index contributed by atoms with van der Waals surface area (Å²) >= 11 is 0. The first-order valence-electron chi connectivity index (χ1n) is 8.69. The Morgan fingerprint density at radius 1 is 1.00 bits per heavy atom. The molecule has 5 nitrogen and oxygen atoms in total. The Balaban J connectivity index is 1.79. The first kappa shape index (κ1) is 14.6. The van der Waals surface area contributed by atoms with E-state index in [2.05, 4.69) is 15.2 Å². The highest BCUT2D eigenvalue weighted by Crippen LogP contribution is 2.28. The van der Waals surface area contributed by atoms with Crippen LogP contribution in [0, 0.1) is 0 Å². The predicted octanol–water partition coefficient (Wildman–Crippen LogP) is 2.56. The molecule has 120 valence electrons. The Morgan fingerprint density at radius 2 is 1.87 bits per heavy atom. The fourth-order valence-electron chi connectivity index (χ4n) is 3.48. The second kappa shape index (κ2) is 6.62. The third-order valence-electron chi connectivity index (χ3n) is 4.71. The molecule has 2 aromatic rings. The van der Waals surface area contributed by atoms with Crippen molar-refractivity contribution < 1.29 is 0 Å². The molecule has 4 rings (SSSR count). The van der Waals surface area contributed by atoms with Crippen LogP contribution in [0.15, 0.2) is 24.4 Å². The van der Waals surface area contributed by atoms with Gasteiger partial charge in [0.15, 0.2) is 5.82 Å². The molecule has 23 heavy (non-hydrogen) atoms. The molecular formula is C18H23N5. The second-order valence-corrected chi connectivity index (χ2v) is 6.34. The van der Waals surface area contributed by atoms with Crippen molar-refractivity contribution in [3.05, 3.63) is 35.7 Å². The number of anilines is 1. The zero-order chi connectivity index (χ0) is 15.5. The Hall–Kier alpha value is -2.01. The molecule has 1 saturated heterocycles. The lowest BCUT2D eigenvalue weighted by Crippen LogP contribution is -2.32. The van der Waals surface area contributed by atoms with Crippen LogP contribution >= 0.6 is 0 Å². The third kappa shape index (κ3) is 3.06. The van der Waals surface area contributed by atoms with E-state index < -0.39 is 0 Å². The van der Waals surface area contributed by atoms with Gasteiger partial charge >= 0.3 is 0 Å². The number of fused-ring (bicyclic) bond motifs is 1. The maximum atomic E-state index is 4.93. The normalized spacial score (nSPS) is 18.3. The number of hydrogen-bond donors (Lipinski definition) is 1. The van der Waals surface area contributed by atoms with Gasteiger partial charge in [-0.1, -0.05) is 18.9 Å². The maximum absolute atomic E-state index is 4.93. The number of aromatic nitrogens is 3. The van der Waals surface area contributed by atoms with Gasteiger partial charge in [-0.3, -0.25) is 4.98 Å². The molecule has 2 aromatic heterocycles. The molecule has 1 N–H and O–H groups in total. The van der Waals surface area contributed by atoms with Crippen molar-refractivity contribution in [2.75, 3.05) is 24.5 Å². The Morgan fingerprint density at radius 3 is 2.65 bits per heavy atom. The lowest BCUT2D eigenvalue weighted by molar-refractivity contribution is 0.620. The average molecular weight is 309 g/mol. The molecule has 0 unspecified atom stereocenters. The third-order valence-corrected chi connectivity index (χ3v) is 4.71. The Labute approximate surface area is 137 Å². The van der Waals surface area contributed by atoms with Crippen molar-refractivity contribution in [3.63, 3.8) is 0 Å². The van der Waals surface area contributed by atoms with Crippen LogP contribution in [0.3, 0.4) is 0 Å². The van der Waals surface area contributed by atoms with Crippen molar-refractivity contribution in [2.24, 2.45) is 0 Å². The SMILES string of the molecule is c1ccc(-c2nc3c(c(N4CCCCCC4)n2)CNCC3)nc1. The van der Waals surface area contributed by atoms with Crippen molar-refractivity contribution in [1.82, 2.24) is 20.3 Å². The summed E-state index contributed by atoms with van der Waals surface area (Å²) in [7, 11) is 0. The van der Waals surface area contributed by atoms with Crippen LogP contribution in [0.2, 0.25) is 0 Å². The lowest BCUT2D eigenvalue weighted by Gasteiger charge is -2.28. The minimum absolute atomic E-state index is 0.769. The molecule has 2 aliphatic rings. The second-order valence-electron chi connectivity index (χ2n) is 6.34. The van der Waals surface area contributed by atoms with E-state index in [0.29, 0.717) is 0 Å². The zero-order valence-corrected chi connectivity index (χ0v) is 13.5. The van der Waals surface area contributed by atoms with Crippen LogP contribution in [0.4, 0.5) is 5.82 Å². The molecule has 0 amide bonds. The molecule has 0 spiro atoms. The highest BCUT2D eigenvalue weighted by molar-refractivity contribution is 5.58. The number of pyridine rings is 1. The van der Waals surface area contributed by atoms with Gasteiger partial charge in [0.05, 0.1) is 5.69 Å². The zero-order valence-electron chi connectivity index (χ0n) is 13.5. The van der Waals surface area contributed by atoms with Crippen LogP contribution in [-0.2, 0) is 13.0 Å². The van der Waals surface area contributed by atoms with Crippen molar-refractivity contribution >= 4 is 5.82 Å². The van der Waals surface area contributed by atoms with E-state index in [9.17, 15) is 0 Å². The van der Waals surface area contributed by atoms with Crippen molar-refractivity contribution in [1.29, 1.82) is 0 Å². The molecular weight excluding hydrogens is 286 g/mol.